The van der Waals surface area contributed by atoms with E-state index in [2.05, 4.69) is 23.0 Å². The predicted octanol–water partition coefficient (Wildman–Crippen LogP) is 3.49. The van der Waals surface area contributed by atoms with E-state index in [1.54, 1.807) is 6.07 Å². The van der Waals surface area contributed by atoms with Crippen LogP contribution in [0.5, 0.6) is 0 Å². The summed E-state index contributed by atoms with van der Waals surface area (Å²) < 4.78 is 0. The molecule has 3 rings (SSSR count). The normalized spacial score (nSPS) is 23.6. The van der Waals surface area contributed by atoms with Crippen LogP contribution >= 0.6 is 23.2 Å². The maximum absolute atomic E-state index is 6.59. The van der Waals surface area contributed by atoms with Gasteiger partial charge in [0.1, 0.15) is 5.15 Å². The van der Waals surface area contributed by atoms with Gasteiger partial charge in [-0.2, -0.15) is 0 Å². The molecule has 1 aromatic heterocycles. The van der Waals surface area contributed by atoms with Crippen LogP contribution in [0.2, 0.25) is 10.2 Å². The summed E-state index contributed by atoms with van der Waals surface area (Å²) in [6, 6.07) is 8.10. The summed E-state index contributed by atoms with van der Waals surface area (Å²) in [5, 5.41) is 2.22. The number of aromatic nitrogens is 1. The van der Waals surface area contributed by atoms with Gasteiger partial charge in [-0.05, 0) is 49.7 Å². The smallest absolute Gasteiger partial charge is 0.129 e. The van der Waals surface area contributed by atoms with Crippen LogP contribution in [-0.2, 0) is 0 Å². The first-order valence-electron chi connectivity index (χ1n) is 6.75. The van der Waals surface area contributed by atoms with Crippen LogP contribution in [0, 0.1) is 5.92 Å². The van der Waals surface area contributed by atoms with E-state index in [1.165, 1.54) is 0 Å². The van der Waals surface area contributed by atoms with Gasteiger partial charge in [-0.1, -0.05) is 29.3 Å². The Labute approximate surface area is 128 Å². The number of likely N-dealkylation sites (tertiary alicyclic amines) is 1. The second-order valence-corrected chi connectivity index (χ2v) is 6.23. The fraction of sp³-hybridized carbons (Fsp3) is 0.400. The highest BCUT2D eigenvalue weighted by atomic mass is 35.5. The average Bonchev–Trinajstić information content (AvgIpc) is 2.80. The number of nitrogens with two attached hydrogens (primary N) is 1. The zero-order valence-corrected chi connectivity index (χ0v) is 12.8. The maximum Gasteiger partial charge on any atom is 0.129 e. The molecule has 1 aliphatic heterocycles. The number of fused-ring (bicyclic) bond motifs is 1. The van der Waals surface area contributed by atoms with Crippen molar-refractivity contribution in [3.63, 3.8) is 0 Å². The molecule has 0 bridgehead atoms. The summed E-state index contributed by atoms with van der Waals surface area (Å²) >= 11 is 12.5. The van der Waals surface area contributed by atoms with Gasteiger partial charge in [-0.25, -0.2) is 4.98 Å². The lowest BCUT2D eigenvalue weighted by atomic mass is 9.98. The Hall–Kier alpha value is -0.870. The SMILES string of the molecule is CN1CC(CN)CC1c1ccc2nc(Cl)ccc2c1Cl. The lowest BCUT2D eigenvalue weighted by Crippen LogP contribution is -2.20. The topological polar surface area (TPSA) is 42.1 Å². The van der Waals surface area contributed by atoms with Gasteiger partial charge >= 0.3 is 0 Å². The zero-order valence-electron chi connectivity index (χ0n) is 11.3. The third-order valence-electron chi connectivity index (χ3n) is 4.13. The first-order valence-corrected chi connectivity index (χ1v) is 7.50. The Morgan fingerprint density at radius 3 is 2.80 bits per heavy atom. The molecule has 106 valence electrons. The molecule has 3 nitrogen and oxygen atoms in total. The summed E-state index contributed by atoms with van der Waals surface area (Å²) in [7, 11) is 2.13. The highest BCUT2D eigenvalue weighted by molar-refractivity contribution is 6.36. The number of nitrogens with zero attached hydrogens (tertiary/aromatic N) is 2. The van der Waals surface area contributed by atoms with Crippen LogP contribution in [-0.4, -0.2) is 30.0 Å². The molecule has 0 radical (unpaired) electrons. The van der Waals surface area contributed by atoms with Crippen molar-refractivity contribution < 1.29 is 0 Å². The van der Waals surface area contributed by atoms with Gasteiger partial charge < -0.3 is 5.73 Å². The van der Waals surface area contributed by atoms with Gasteiger partial charge in [0.15, 0.2) is 0 Å². The lowest BCUT2D eigenvalue weighted by Gasteiger charge is -2.21. The van der Waals surface area contributed by atoms with Crippen molar-refractivity contribution in [3.05, 3.63) is 40.0 Å². The lowest BCUT2D eigenvalue weighted by molar-refractivity contribution is 0.314. The molecule has 1 aliphatic rings. The number of hydrogen-bond acceptors (Lipinski definition) is 3. The molecule has 1 saturated heterocycles. The molecule has 0 aliphatic carbocycles. The fourth-order valence-corrected chi connectivity index (χ4v) is 3.56. The predicted molar refractivity (Wildman–Crippen MR) is 84.3 cm³/mol. The quantitative estimate of drug-likeness (QED) is 0.863. The molecular formula is C15H17Cl2N3. The van der Waals surface area contributed by atoms with E-state index in [0.29, 0.717) is 17.1 Å². The van der Waals surface area contributed by atoms with Crippen molar-refractivity contribution in [3.8, 4) is 0 Å². The Kier molecular flexibility index (Phi) is 3.87. The minimum Gasteiger partial charge on any atom is -0.330 e. The van der Waals surface area contributed by atoms with Crippen molar-refractivity contribution >= 4 is 34.1 Å². The van der Waals surface area contributed by atoms with Gasteiger partial charge in [0.2, 0.25) is 0 Å². The van der Waals surface area contributed by atoms with Gasteiger partial charge in [0, 0.05) is 18.0 Å². The maximum atomic E-state index is 6.59. The molecule has 20 heavy (non-hydrogen) atoms. The highest BCUT2D eigenvalue weighted by Crippen LogP contribution is 2.39. The standard InChI is InChI=1S/C15H17Cl2N3/c1-20-8-9(7-18)6-13(20)11-2-4-12-10(15(11)17)3-5-14(16)19-12/h2-5,9,13H,6-8,18H2,1H3. The molecule has 2 unspecified atom stereocenters. The van der Waals surface area contributed by atoms with Crippen LogP contribution in [0.4, 0.5) is 0 Å². The third-order valence-corrected chi connectivity index (χ3v) is 4.76. The van der Waals surface area contributed by atoms with E-state index in [1.807, 2.05) is 12.1 Å². The monoisotopic (exact) mass is 309 g/mol. The van der Waals surface area contributed by atoms with Gasteiger partial charge in [-0.3, -0.25) is 4.90 Å². The summed E-state index contributed by atoms with van der Waals surface area (Å²) in [4.78, 5) is 6.63. The zero-order chi connectivity index (χ0) is 14.3. The molecule has 1 aromatic carbocycles. The molecule has 1 fully saturated rings. The van der Waals surface area contributed by atoms with Gasteiger partial charge in [0.05, 0.1) is 10.5 Å². The van der Waals surface area contributed by atoms with Crippen LogP contribution in [0.15, 0.2) is 24.3 Å². The van der Waals surface area contributed by atoms with Crippen molar-refractivity contribution in [2.45, 2.75) is 12.5 Å². The van der Waals surface area contributed by atoms with Crippen LogP contribution in [0.25, 0.3) is 10.9 Å². The highest BCUT2D eigenvalue weighted by Gasteiger charge is 2.31. The van der Waals surface area contributed by atoms with E-state index in [4.69, 9.17) is 28.9 Å². The number of hydrogen-bond donors (Lipinski definition) is 1. The van der Waals surface area contributed by atoms with E-state index in [-0.39, 0.29) is 0 Å². The third kappa shape index (κ3) is 2.40. The van der Waals surface area contributed by atoms with Crippen molar-refractivity contribution in [2.75, 3.05) is 20.1 Å². The largest absolute Gasteiger partial charge is 0.330 e. The van der Waals surface area contributed by atoms with Crippen LogP contribution < -0.4 is 5.73 Å². The van der Waals surface area contributed by atoms with E-state index in [0.717, 1.165) is 41.0 Å². The van der Waals surface area contributed by atoms with Gasteiger partial charge in [-0.15, -0.1) is 0 Å². The fourth-order valence-electron chi connectivity index (χ4n) is 3.06. The molecule has 2 heterocycles. The second-order valence-electron chi connectivity index (χ2n) is 5.46. The first-order chi connectivity index (χ1) is 9.60. The summed E-state index contributed by atoms with van der Waals surface area (Å²) in [5.41, 5.74) is 7.79. The molecule has 0 spiro atoms. The van der Waals surface area contributed by atoms with E-state index in [9.17, 15) is 0 Å². The Morgan fingerprint density at radius 2 is 2.10 bits per heavy atom. The van der Waals surface area contributed by atoms with E-state index < -0.39 is 0 Å². The van der Waals surface area contributed by atoms with Crippen molar-refractivity contribution in [1.82, 2.24) is 9.88 Å². The van der Waals surface area contributed by atoms with Crippen molar-refractivity contribution in [1.29, 1.82) is 0 Å². The van der Waals surface area contributed by atoms with Crippen LogP contribution in [0.1, 0.15) is 18.0 Å². The number of benzene rings is 1. The first kappa shape index (κ1) is 14.1. The van der Waals surface area contributed by atoms with Crippen molar-refractivity contribution in [2.24, 2.45) is 11.7 Å². The summed E-state index contributed by atoms with van der Waals surface area (Å²) in [6.45, 7) is 1.75. The minimum absolute atomic E-state index is 0.330. The molecular weight excluding hydrogens is 293 g/mol. The van der Waals surface area contributed by atoms with Gasteiger partial charge in [0.25, 0.3) is 0 Å². The second kappa shape index (κ2) is 5.49. The summed E-state index contributed by atoms with van der Waals surface area (Å²) in [6.07, 6.45) is 1.05. The average molecular weight is 310 g/mol. The minimum atomic E-state index is 0.330. The molecule has 2 aromatic rings. The Morgan fingerprint density at radius 1 is 1.30 bits per heavy atom. The molecule has 2 atom stereocenters. The molecule has 0 amide bonds. The number of halogens is 2. The number of rotatable bonds is 2. The Balaban J connectivity index is 2.04. The van der Waals surface area contributed by atoms with E-state index >= 15 is 0 Å². The molecule has 5 heteroatoms. The Bertz CT molecular complexity index is 644. The number of pyridine rings is 1. The molecule has 0 saturated carbocycles. The molecule has 2 N–H and O–H groups in total. The summed E-state index contributed by atoms with van der Waals surface area (Å²) in [5.74, 6) is 0.542. The van der Waals surface area contributed by atoms with Crippen LogP contribution in [0.3, 0.4) is 0 Å².